The minimum atomic E-state index is 0.419. The third kappa shape index (κ3) is 1.93. The summed E-state index contributed by atoms with van der Waals surface area (Å²) in [5, 5.41) is 16.8. The highest BCUT2D eigenvalue weighted by molar-refractivity contribution is 7.23. The highest BCUT2D eigenvalue weighted by Gasteiger charge is 2.19. The first-order chi connectivity index (χ1) is 10.4. The molecule has 100 valence electrons. The van der Waals surface area contributed by atoms with Crippen LogP contribution in [0.25, 0.3) is 26.2 Å². The fraction of sp³-hybridized carbons (Fsp3) is 0. The normalized spacial score (nSPS) is 10.8. The van der Waals surface area contributed by atoms with Crippen molar-refractivity contribution in [2.75, 3.05) is 0 Å². The minimum Gasteiger partial charge on any atom is -0.255 e. The highest BCUT2D eigenvalue weighted by atomic mass is 32.1. The minimum absolute atomic E-state index is 0.419. The number of hydrogen-bond donors (Lipinski definition) is 0. The first kappa shape index (κ1) is 12.2. The van der Waals surface area contributed by atoms with Crippen molar-refractivity contribution in [3.63, 3.8) is 0 Å². The van der Waals surface area contributed by atoms with Crippen LogP contribution in [0, 0.1) is 11.3 Å². The maximum atomic E-state index is 9.44. The van der Waals surface area contributed by atoms with Crippen LogP contribution >= 0.6 is 22.7 Å². The summed E-state index contributed by atoms with van der Waals surface area (Å²) in [4.78, 5) is 10.6. The molecule has 0 radical (unpaired) electrons. The monoisotopic (exact) mass is 309 g/mol. The fourth-order valence-electron chi connectivity index (χ4n) is 2.03. The van der Waals surface area contributed by atoms with Gasteiger partial charge in [-0.15, -0.1) is 11.3 Å². The van der Waals surface area contributed by atoms with Crippen LogP contribution in [0.4, 0.5) is 0 Å². The van der Waals surface area contributed by atoms with Crippen molar-refractivity contribution in [1.82, 2.24) is 19.6 Å². The lowest BCUT2D eigenvalue weighted by atomic mass is 10.2. The van der Waals surface area contributed by atoms with Gasteiger partial charge in [0.2, 0.25) is 4.96 Å². The smallest absolute Gasteiger partial charge is 0.214 e. The third-order valence-electron chi connectivity index (χ3n) is 2.95. The van der Waals surface area contributed by atoms with Crippen molar-refractivity contribution in [1.29, 1.82) is 5.26 Å². The summed E-state index contributed by atoms with van der Waals surface area (Å²) >= 11 is 3.09. The second-order valence-electron chi connectivity index (χ2n) is 4.21. The Balaban J connectivity index is 1.92. The molecule has 0 aliphatic carbocycles. The van der Waals surface area contributed by atoms with E-state index in [0.29, 0.717) is 22.0 Å². The van der Waals surface area contributed by atoms with Crippen molar-refractivity contribution in [2.45, 2.75) is 0 Å². The van der Waals surface area contributed by atoms with Crippen molar-refractivity contribution >= 4 is 27.6 Å². The van der Waals surface area contributed by atoms with Gasteiger partial charge in [-0.05, 0) is 23.6 Å². The van der Waals surface area contributed by atoms with E-state index in [1.807, 2.05) is 35.7 Å². The van der Waals surface area contributed by atoms with Gasteiger partial charge in [-0.25, -0.2) is 4.98 Å². The quantitative estimate of drug-likeness (QED) is 0.569. The maximum Gasteiger partial charge on any atom is 0.214 e. The number of nitrogens with zero attached hydrogens (tertiary/aromatic N) is 5. The molecule has 0 aliphatic rings. The van der Waals surface area contributed by atoms with Crippen LogP contribution in [0.3, 0.4) is 0 Å². The summed E-state index contributed by atoms with van der Waals surface area (Å²) in [6, 6.07) is 11.7. The molecule has 7 heteroatoms. The molecule has 0 amide bonds. The molecule has 0 saturated heterocycles. The lowest BCUT2D eigenvalue weighted by Crippen LogP contribution is -1.91. The van der Waals surface area contributed by atoms with Crippen LogP contribution in [-0.4, -0.2) is 19.6 Å². The molecule has 0 spiro atoms. The molecule has 0 saturated carbocycles. The molecule has 0 unspecified atom stereocenters. The average Bonchev–Trinajstić information content (AvgIpc) is 3.22. The zero-order chi connectivity index (χ0) is 14.2. The van der Waals surface area contributed by atoms with Crippen LogP contribution in [-0.2, 0) is 0 Å². The van der Waals surface area contributed by atoms with E-state index >= 15 is 0 Å². The predicted octanol–water partition coefficient (Wildman–Crippen LogP) is 3.45. The van der Waals surface area contributed by atoms with Crippen LogP contribution in [0.5, 0.6) is 0 Å². The number of nitriles is 1. The zero-order valence-corrected chi connectivity index (χ0v) is 12.2. The molecule has 0 N–H and O–H groups in total. The number of pyridine rings is 1. The zero-order valence-electron chi connectivity index (χ0n) is 10.6. The Morgan fingerprint density at radius 3 is 2.86 bits per heavy atom. The van der Waals surface area contributed by atoms with E-state index in [2.05, 4.69) is 21.1 Å². The Hall–Kier alpha value is -2.56. The maximum absolute atomic E-state index is 9.44. The number of rotatable bonds is 2. The molecule has 4 aromatic rings. The number of aromatic nitrogens is 4. The van der Waals surface area contributed by atoms with Crippen molar-refractivity contribution in [3.05, 3.63) is 47.6 Å². The molecule has 21 heavy (non-hydrogen) atoms. The summed E-state index contributed by atoms with van der Waals surface area (Å²) in [7, 11) is 0. The van der Waals surface area contributed by atoms with Gasteiger partial charge in [0.25, 0.3) is 0 Å². The molecule has 0 atom stereocenters. The van der Waals surface area contributed by atoms with Gasteiger partial charge >= 0.3 is 0 Å². The Bertz CT molecular complexity index is 945. The summed E-state index contributed by atoms with van der Waals surface area (Å²) in [5.74, 6) is 0. The predicted molar refractivity (Wildman–Crippen MR) is 82.1 cm³/mol. The van der Waals surface area contributed by atoms with E-state index in [4.69, 9.17) is 0 Å². The van der Waals surface area contributed by atoms with E-state index in [9.17, 15) is 5.26 Å². The van der Waals surface area contributed by atoms with Gasteiger partial charge in [-0.2, -0.15) is 14.9 Å². The molecular weight excluding hydrogens is 302 g/mol. The van der Waals surface area contributed by atoms with Crippen LogP contribution in [0.2, 0.25) is 0 Å². The third-order valence-corrected chi connectivity index (χ3v) is 4.90. The number of imidazole rings is 1. The molecule has 4 heterocycles. The van der Waals surface area contributed by atoms with Gasteiger partial charge in [-0.3, -0.25) is 4.98 Å². The van der Waals surface area contributed by atoms with Gasteiger partial charge in [-0.1, -0.05) is 23.5 Å². The van der Waals surface area contributed by atoms with E-state index in [0.717, 1.165) is 9.88 Å². The van der Waals surface area contributed by atoms with E-state index in [1.54, 1.807) is 22.0 Å². The fourth-order valence-corrected chi connectivity index (χ4v) is 3.72. The van der Waals surface area contributed by atoms with Crippen LogP contribution in [0.1, 0.15) is 5.69 Å². The summed E-state index contributed by atoms with van der Waals surface area (Å²) < 4.78 is 1.60. The lowest BCUT2D eigenvalue weighted by Gasteiger charge is -1.95. The SMILES string of the molecule is N#Cc1c(-c2ccccn2)nc2sc(-c3cccs3)nn12. The second kappa shape index (κ2) is 4.77. The van der Waals surface area contributed by atoms with Gasteiger partial charge in [0, 0.05) is 6.20 Å². The highest BCUT2D eigenvalue weighted by Crippen LogP contribution is 2.32. The molecule has 0 aliphatic heterocycles. The number of fused-ring (bicyclic) bond motifs is 1. The topological polar surface area (TPSA) is 66.9 Å². The Kier molecular flexibility index (Phi) is 2.77. The molecule has 0 aromatic carbocycles. The van der Waals surface area contributed by atoms with E-state index in [1.165, 1.54) is 11.3 Å². The standard InChI is InChI=1S/C14H7N5S2/c15-8-10-12(9-4-1-2-6-16-9)17-14-19(10)18-13(21-14)11-5-3-7-20-11/h1-7H. The summed E-state index contributed by atoms with van der Waals surface area (Å²) in [5.41, 5.74) is 1.68. The van der Waals surface area contributed by atoms with Crippen LogP contribution in [0.15, 0.2) is 41.9 Å². The molecule has 4 aromatic heterocycles. The summed E-state index contributed by atoms with van der Waals surface area (Å²) in [6.07, 6.45) is 1.69. The first-order valence-corrected chi connectivity index (χ1v) is 7.81. The number of thiophene rings is 1. The first-order valence-electron chi connectivity index (χ1n) is 6.12. The van der Waals surface area contributed by atoms with Gasteiger partial charge in [0.05, 0.1) is 10.6 Å². The lowest BCUT2D eigenvalue weighted by molar-refractivity contribution is 0.961. The summed E-state index contributed by atoms with van der Waals surface area (Å²) in [6.45, 7) is 0. The Labute approximate surface area is 127 Å². The molecule has 5 nitrogen and oxygen atoms in total. The average molecular weight is 309 g/mol. The molecule has 4 rings (SSSR count). The Morgan fingerprint density at radius 2 is 2.14 bits per heavy atom. The second-order valence-corrected chi connectivity index (χ2v) is 6.12. The van der Waals surface area contributed by atoms with E-state index in [-0.39, 0.29) is 0 Å². The van der Waals surface area contributed by atoms with Gasteiger partial charge in [0.1, 0.15) is 11.8 Å². The number of hydrogen-bond acceptors (Lipinski definition) is 6. The molecule has 0 bridgehead atoms. The molecule has 0 fully saturated rings. The van der Waals surface area contributed by atoms with Gasteiger partial charge < -0.3 is 0 Å². The van der Waals surface area contributed by atoms with Crippen molar-refractivity contribution in [3.8, 4) is 27.3 Å². The van der Waals surface area contributed by atoms with Crippen molar-refractivity contribution < 1.29 is 0 Å². The van der Waals surface area contributed by atoms with Crippen molar-refractivity contribution in [2.24, 2.45) is 0 Å². The molecular formula is C14H7N5S2. The van der Waals surface area contributed by atoms with Gasteiger partial charge in [0.15, 0.2) is 10.7 Å². The largest absolute Gasteiger partial charge is 0.255 e. The van der Waals surface area contributed by atoms with Crippen LogP contribution < -0.4 is 0 Å². The van der Waals surface area contributed by atoms with E-state index < -0.39 is 0 Å². The Morgan fingerprint density at radius 1 is 1.19 bits per heavy atom.